The maximum atomic E-state index is 12.7. The molecule has 0 spiro atoms. The number of hydrogen-bond donors (Lipinski definition) is 2. The molecule has 0 saturated carbocycles. The van der Waals surface area contributed by atoms with E-state index in [1.54, 1.807) is 19.1 Å². The molecule has 1 aromatic heterocycles. The van der Waals surface area contributed by atoms with Crippen LogP contribution in [0.25, 0.3) is 0 Å². The van der Waals surface area contributed by atoms with Gasteiger partial charge in [-0.3, -0.25) is 9.89 Å². The Morgan fingerprint density at radius 1 is 1.28 bits per heavy atom. The molecule has 3 rings (SSSR count). The van der Waals surface area contributed by atoms with Crippen LogP contribution in [-0.2, 0) is 19.1 Å². The Morgan fingerprint density at radius 3 is 2.66 bits per heavy atom. The van der Waals surface area contributed by atoms with Crippen LogP contribution >= 0.6 is 24.0 Å². The fraction of sp³-hybridized carbons (Fsp3) is 0.571. The van der Waals surface area contributed by atoms with Crippen molar-refractivity contribution in [3.63, 3.8) is 0 Å². The summed E-state index contributed by atoms with van der Waals surface area (Å²) >= 11 is 0. The highest BCUT2D eigenvalue weighted by Crippen LogP contribution is 2.29. The van der Waals surface area contributed by atoms with E-state index in [1.165, 1.54) is 0 Å². The number of halogens is 4. The first kappa shape index (κ1) is 26.4. The van der Waals surface area contributed by atoms with Gasteiger partial charge in [-0.05, 0) is 44.4 Å². The Morgan fingerprint density at radius 2 is 2.03 bits per heavy atom. The van der Waals surface area contributed by atoms with E-state index in [2.05, 4.69) is 30.7 Å². The minimum Gasteiger partial charge on any atom is -0.357 e. The molecule has 2 aromatic rings. The van der Waals surface area contributed by atoms with Crippen LogP contribution in [0.5, 0.6) is 0 Å². The number of guanidine groups is 1. The zero-order valence-electron chi connectivity index (χ0n) is 18.3. The maximum Gasteiger partial charge on any atom is 0.416 e. The van der Waals surface area contributed by atoms with Crippen molar-refractivity contribution in [1.29, 1.82) is 0 Å². The van der Waals surface area contributed by atoms with E-state index in [4.69, 9.17) is 4.52 Å². The van der Waals surface area contributed by atoms with E-state index >= 15 is 0 Å². The molecule has 2 N–H and O–H groups in total. The maximum absolute atomic E-state index is 12.7. The molecule has 0 aliphatic carbocycles. The zero-order chi connectivity index (χ0) is 22.3. The van der Waals surface area contributed by atoms with E-state index in [0.29, 0.717) is 31.2 Å². The molecule has 178 valence electrons. The molecule has 1 aliphatic heterocycles. The molecule has 32 heavy (non-hydrogen) atoms. The number of benzene rings is 1. The normalized spacial score (nSPS) is 17.3. The highest BCUT2D eigenvalue weighted by molar-refractivity contribution is 14.0. The van der Waals surface area contributed by atoms with Crippen LogP contribution in [-0.4, -0.2) is 53.2 Å². The molecule has 1 saturated heterocycles. The predicted molar refractivity (Wildman–Crippen MR) is 127 cm³/mol. The summed E-state index contributed by atoms with van der Waals surface area (Å²) in [7, 11) is 0. The van der Waals surface area contributed by atoms with Crippen LogP contribution < -0.4 is 10.6 Å². The quantitative estimate of drug-likeness (QED) is 0.219. The van der Waals surface area contributed by atoms with Crippen LogP contribution in [0.3, 0.4) is 0 Å². The van der Waals surface area contributed by atoms with Crippen molar-refractivity contribution in [2.45, 2.75) is 51.9 Å². The molecule has 2 heterocycles. The number of rotatable bonds is 8. The van der Waals surface area contributed by atoms with Gasteiger partial charge in [0.05, 0.1) is 5.56 Å². The van der Waals surface area contributed by atoms with E-state index in [1.807, 2.05) is 6.92 Å². The monoisotopic (exact) mass is 566 g/mol. The fourth-order valence-electron chi connectivity index (χ4n) is 3.53. The number of aromatic nitrogens is 2. The third-order valence-electron chi connectivity index (χ3n) is 5.03. The molecule has 1 aliphatic rings. The largest absolute Gasteiger partial charge is 0.416 e. The first-order valence-corrected chi connectivity index (χ1v) is 10.6. The molecule has 11 heteroatoms. The van der Waals surface area contributed by atoms with Gasteiger partial charge in [-0.25, -0.2) is 0 Å². The first-order chi connectivity index (χ1) is 14.8. The lowest BCUT2D eigenvalue weighted by Crippen LogP contribution is -2.44. The van der Waals surface area contributed by atoms with Gasteiger partial charge in [0.1, 0.15) is 0 Å². The molecular weight excluding hydrogens is 536 g/mol. The van der Waals surface area contributed by atoms with Gasteiger partial charge in [-0.1, -0.05) is 17.3 Å². The molecule has 0 radical (unpaired) electrons. The fourth-order valence-corrected chi connectivity index (χ4v) is 3.53. The Hall–Kier alpha value is -1.89. The van der Waals surface area contributed by atoms with Crippen molar-refractivity contribution in [3.8, 4) is 0 Å². The van der Waals surface area contributed by atoms with Crippen molar-refractivity contribution >= 4 is 29.9 Å². The van der Waals surface area contributed by atoms with Gasteiger partial charge in [0.2, 0.25) is 5.89 Å². The number of alkyl halides is 3. The summed E-state index contributed by atoms with van der Waals surface area (Å²) in [5, 5.41) is 10.5. The summed E-state index contributed by atoms with van der Waals surface area (Å²) in [5.74, 6) is 2.03. The summed E-state index contributed by atoms with van der Waals surface area (Å²) in [6.07, 6.45) is -1.85. The van der Waals surface area contributed by atoms with Crippen molar-refractivity contribution < 1.29 is 17.7 Å². The highest BCUT2D eigenvalue weighted by atomic mass is 127. The molecule has 1 aromatic carbocycles. The summed E-state index contributed by atoms with van der Waals surface area (Å²) in [5.41, 5.74) is 0.267. The van der Waals surface area contributed by atoms with Crippen molar-refractivity contribution in [2.75, 3.05) is 26.2 Å². The van der Waals surface area contributed by atoms with Gasteiger partial charge in [-0.2, -0.15) is 18.2 Å². The molecule has 0 amide bonds. The number of nitrogens with one attached hydrogen (secondary N) is 2. The van der Waals surface area contributed by atoms with Crippen LogP contribution in [0.2, 0.25) is 0 Å². The Kier molecular flexibility index (Phi) is 10.2. The molecule has 1 atom stereocenters. The van der Waals surface area contributed by atoms with Gasteiger partial charge in [0.25, 0.3) is 0 Å². The molecule has 0 bridgehead atoms. The molecule has 1 unspecified atom stereocenters. The second-order valence-electron chi connectivity index (χ2n) is 7.66. The Labute approximate surface area is 203 Å². The number of aryl methyl sites for hydroxylation is 2. The van der Waals surface area contributed by atoms with Gasteiger partial charge in [0, 0.05) is 45.2 Å². The van der Waals surface area contributed by atoms with Crippen molar-refractivity contribution in [3.05, 3.63) is 47.1 Å². The van der Waals surface area contributed by atoms with Crippen molar-refractivity contribution in [2.24, 2.45) is 4.99 Å². The summed E-state index contributed by atoms with van der Waals surface area (Å²) < 4.78 is 43.2. The lowest BCUT2D eigenvalue weighted by molar-refractivity contribution is -0.137. The topological polar surface area (TPSA) is 78.6 Å². The Bertz CT molecular complexity index is 856. The molecule has 7 nitrogen and oxygen atoms in total. The summed E-state index contributed by atoms with van der Waals surface area (Å²) in [4.78, 5) is 11.0. The zero-order valence-corrected chi connectivity index (χ0v) is 20.6. The van der Waals surface area contributed by atoms with Gasteiger partial charge in [-0.15, -0.1) is 24.0 Å². The third kappa shape index (κ3) is 8.23. The summed E-state index contributed by atoms with van der Waals surface area (Å²) in [6, 6.07) is 5.64. The third-order valence-corrected chi connectivity index (χ3v) is 5.03. The van der Waals surface area contributed by atoms with E-state index in [0.717, 1.165) is 56.1 Å². The predicted octanol–water partition coefficient (Wildman–Crippen LogP) is 3.78. The number of hydrogen-bond acceptors (Lipinski definition) is 5. The number of likely N-dealkylation sites (tertiary alicyclic amines) is 1. The van der Waals surface area contributed by atoms with Crippen LogP contribution in [0, 0.1) is 6.92 Å². The standard InChI is InChI=1S/C21H29F3N6O.HI/c1-3-25-20(26-11-4-5-19-27-15(2)29-31-19)28-18-10-12-30(14-18)13-16-6-8-17(9-7-16)21(22,23)24;/h6-9,18H,3-5,10-14H2,1-2H3,(H2,25,26,28);1H. The number of nitrogens with zero attached hydrogens (tertiary/aromatic N) is 4. The smallest absolute Gasteiger partial charge is 0.357 e. The average Bonchev–Trinajstić information content (AvgIpc) is 3.33. The Balaban J connectivity index is 0.00000363. The molecule has 1 fully saturated rings. The van der Waals surface area contributed by atoms with Gasteiger partial charge >= 0.3 is 6.18 Å². The van der Waals surface area contributed by atoms with Crippen LogP contribution in [0.4, 0.5) is 13.2 Å². The van der Waals surface area contributed by atoms with Crippen LogP contribution in [0.15, 0.2) is 33.8 Å². The lowest BCUT2D eigenvalue weighted by Gasteiger charge is -2.19. The van der Waals surface area contributed by atoms with Gasteiger partial charge in [0.15, 0.2) is 11.8 Å². The first-order valence-electron chi connectivity index (χ1n) is 10.6. The second kappa shape index (κ2) is 12.4. The van der Waals surface area contributed by atoms with Crippen LogP contribution in [0.1, 0.15) is 42.6 Å². The van der Waals surface area contributed by atoms with E-state index in [-0.39, 0.29) is 30.0 Å². The minimum atomic E-state index is -4.30. The van der Waals surface area contributed by atoms with E-state index in [9.17, 15) is 13.2 Å². The number of aliphatic imine (C=N–C) groups is 1. The van der Waals surface area contributed by atoms with Gasteiger partial charge < -0.3 is 15.2 Å². The molecular formula is C21H30F3IN6O. The summed E-state index contributed by atoms with van der Waals surface area (Å²) in [6.45, 7) is 7.54. The van der Waals surface area contributed by atoms with E-state index < -0.39 is 11.7 Å². The minimum absolute atomic E-state index is 0. The highest BCUT2D eigenvalue weighted by Gasteiger charge is 2.30. The SMILES string of the molecule is CCNC(=NCCCc1nc(C)no1)NC1CCN(Cc2ccc(C(F)(F)F)cc2)C1.I. The lowest BCUT2D eigenvalue weighted by atomic mass is 10.1. The van der Waals surface area contributed by atoms with Crippen molar-refractivity contribution in [1.82, 2.24) is 25.7 Å². The second-order valence-corrected chi connectivity index (χ2v) is 7.66. The average molecular weight is 566 g/mol.